The summed E-state index contributed by atoms with van der Waals surface area (Å²) in [6.45, 7) is 0. The van der Waals surface area contributed by atoms with Crippen LogP contribution in [0.5, 0.6) is 5.75 Å². The van der Waals surface area contributed by atoms with Crippen LogP contribution < -0.4 is 4.74 Å². The van der Waals surface area contributed by atoms with Gasteiger partial charge in [0.25, 0.3) is 5.69 Å². The van der Waals surface area contributed by atoms with E-state index < -0.39 is 11.1 Å². The molecule has 0 spiro atoms. The van der Waals surface area contributed by atoms with Gasteiger partial charge in [0.15, 0.2) is 0 Å². The Bertz CT molecular complexity index is 423. The van der Waals surface area contributed by atoms with Gasteiger partial charge in [-0.2, -0.15) is 0 Å². The van der Waals surface area contributed by atoms with Gasteiger partial charge < -0.3 is 9.47 Å². The second-order valence-corrected chi connectivity index (χ2v) is 4.19. The van der Waals surface area contributed by atoms with E-state index >= 15 is 0 Å². The summed E-state index contributed by atoms with van der Waals surface area (Å²) < 4.78 is 22.0. The van der Waals surface area contributed by atoms with Crippen LogP contribution in [0.25, 0.3) is 0 Å². The topological polar surface area (TPSA) is 64.9 Å². The third-order valence-corrected chi connectivity index (χ3v) is 2.99. The lowest BCUT2D eigenvalue weighted by Gasteiger charge is -1.96. The quantitative estimate of drug-likeness (QED) is 0.462. The maximum absolute atomic E-state index is 12.2. The van der Waals surface area contributed by atoms with Crippen LogP contribution in [-0.4, -0.2) is 30.4 Å². The molecule has 1 aliphatic heterocycles. The fourth-order valence-electron chi connectivity index (χ4n) is 1.90. The Morgan fingerprint density at radius 2 is 2.06 bits per heavy atom. The zero-order valence-electron chi connectivity index (χ0n) is 9.91. The van der Waals surface area contributed by atoms with E-state index in [1.807, 2.05) is 0 Å². The largest absolute Gasteiger partial charge is 0.497 e. The average molecular weight is 255 g/mol. The highest BCUT2D eigenvalue weighted by atomic mass is 19.1. The number of nitro benzene ring substituents is 1. The fraction of sp³-hybridized carbons (Fsp3) is 0.500. The Morgan fingerprint density at radius 1 is 1.39 bits per heavy atom. The number of alkyl halides is 1. The minimum absolute atomic E-state index is 0.0139. The summed E-state index contributed by atoms with van der Waals surface area (Å²) in [6, 6.07) is 5.91. The van der Waals surface area contributed by atoms with Gasteiger partial charge in [-0.3, -0.25) is 10.1 Å². The van der Waals surface area contributed by atoms with Crippen LogP contribution in [0.3, 0.4) is 0 Å². The van der Waals surface area contributed by atoms with Crippen molar-refractivity contribution < 1.29 is 18.8 Å². The van der Waals surface area contributed by atoms with Gasteiger partial charge in [0, 0.05) is 12.1 Å². The zero-order chi connectivity index (χ0) is 13.1. The van der Waals surface area contributed by atoms with Crippen LogP contribution in [0.1, 0.15) is 12.8 Å². The van der Waals surface area contributed by atoms with Crippen molar-refractivity contribution in [1.29, 1.82) is 0 Å². The molecule has 0 aromatic heterocycles. The molecule has 3 rings (SSSR count). The van der Waals surface area contributed by atoms with E-state index in [2.05, 4.69) is 0 Å². The smallest absolute Gasteiger partial charge is 0.269 e. The lowest BCUT2D eigenvalue weighted by molar-refractivity contribution is -0.384. The number of rotatable bonds is 2. The third-order valence-electron chi connectivity index (χ3n) is 2.99. The lowest BCUT2D eigenvalue weighted by Crippen LogP contribution is -2.01. The van der Waals surface area contributed by atoms with Crippen molar-refractivity contribution in [2.45, 2.75) is 31.2 Å². The van der Waals surface area contributed by atoms with Crippen LogP contribution in [0.2, 0.25) is 0 Å². The second-order valence-electron chi connectivity index (χ2n) is 4.19. The number of non-ortho nitro benzene ring substituents is 1. The van der Waals surface area contributed by atoms with Crippen molar-refractivity contribution in [3.05, 3.63) is 34.4 Å². The summed E-state index contributed by atoms with van der Waals surface area (Å²) in [5, 5.41) is 10.2. The van der Waals surface area contributed by atoms with Gasteiger partial charge in [-0.1, -0.05) is 0 Å². The molecule has 1 aromatic rings. The number of benzene rings is 1. The van der Waals surface area contributed by atoms with E-state index in [9.17, 15) is 14.5 Å². The predicted molar refractivity (Wildman–Crippen MR) is 62.4 cm³/mol. The predicted octanol–water partition coefficient (Wildman–Crippen LogP) is 2.49. The molecule has 0 radical (unpaired) electrons. The monoisotopic (exact) mass is 255 g/mol. The van der Waals surface area contributed by atoms with E-state index in [1.54, 1.807) is 12.1 Å². The van der Waals surface area contributed by atoms with Gasteiger partial charge >= 0.3 is 0 Å². The molecule has 5 nitrogen and oxygen atoms in total. The van der Waals surface area contributed by atoms with Crippen molar-refractivity contribution in [3.8, 4) is 5.75 Å². The SMILES string of the molecule is COc1ccc([N+](=O)[O-])cc1.FC1CCC2OC12. The highest BCUT2D eigenvalue weighted by molar-refractivity contribution is 5.35. The highest BCUT2D eigenvalue weighted by Crippen LogP contribution is 2.40. The molecule has 1 heterocycles. The molecule has 3 unspecified atom stereocenters. The number of nitro groups is 1. The minimum Gasteiger partial charge on any atom is -0.497 e. The summed E-state index contributed by atoms with van der Waals surface area (Å²) >= 11 is 0. The second kappa shape index (κ2) is 5.30. The number of ether oxygens (including phenoxy) is 2. The Hall–Kier alpha value is -1.69. The molecular weight excluding hydrogens is 241 g/mol. The Kier molecular flexibility index (Phi) is 3.76. The molecule has 3 atom stereocenters. The Morgan fingerprint density at radius 3 is 2.33 bits per heavy atom. The lowest BCUT2D eigenvalue weighted by atomic mass is 10.3. The molecule has 0 N–H and O–H groups in total. The fourth-order valence-corrected chi connectivity index (χ4v) is 1.90. The minimum atomic E-state index is -0.634. The molecule has 0 bridgehead atoms. The van der Waals surface area contributed by atoms with Gasteiger partial charge in [0.2, 0.25) is 0 Å². The number of epoxide rings is 1. The van der Waals surface area contributed by atoms with Crippen LogP contribution >= 0.6 is 0 Å². The van der Waals surface area contributed by atoms with Crippen molar-refractivity contribution in [3.63, 3.8) is 0 Å². The number of hydrogen-bond donors (Lipinski definition) is 0. The normalized spacial score (nSPS) is 27.8. The number of fused-ring (bicyclic) bond motifs is 1. The zero-order valence-corrected chi connectivity index (χ0v) is 9.91. The number of halogens is 1. The van der Waals surface area contributed by atoms with Crippen molar-refractivity contribution in [2.75, 3.05) is 7.11 Å². The molecule has 1 saturated heterocycles. The first-order chi connectivity index (χ1) is 8.61. The summed E-state index contributed by atoms with van der Waals surface area (Å²) in [7, 11) is 1.52. The summed E-state index contributed by atoms with van der Waals surface area (Å²) in [6.07, 6.45) is 1.38. The van der Waals surface area contributed by atoms with Gasteiger partial charge in [0.05, 0.1) is 18.1 Å². The molecule has 0 amide bonds. The maximum Gasteiger partial charge on any atom is 0.269 e. The third kappa shape index (κ3) is 2.95. The van der Waals surface area contributed by atoms with Gasteiger partial charge in [0.1, 0.15) is 18.0 Å². The first-order valence-electron chi connectivity index (χ1n) is 5.70. The van der Waals surface area contributed by atoms with Crippen molar-refractivity contribution >= 4 is 5.69 Å². The molecule has 1 aromatic carbocycles. The van der Waals surface area contributed by atoms with Crippen LogP contribution in [0.4, 0.5) is 10.1 Å². The highest BCUT2D eigenvalue weighted by Gasteiger charge is 2.50. The number of hydrogen-bond acceptors (Lipinski definition) is 4. The van der Waals surface area contributed by atoms with E-state index in [1.165, 1.54) is 19.2 Å². The Balaban J connectivity index is 0.000000146. The van der Waals surface area contributed by atoms with E-state index in [-0.39, 0.29) is 11.8 Å². The first-order valence-corrected chi connectivity index (χ1v) is 5.70. The van der Waals surface area contributed by atoms with Crippen molar-refractivity contribution in [2.24, 2.45) is 0 Å². The molecular formula is C12H14FNO4. The van der Waals surface area contributed by atoms with Crippen LogP contribution in [-0.2, 0) is 4.74 Å². The number of nitrogens with zero attached hydrogens (tertiary/aromatic N) is 1. The summed E-state index contributed by atoms with van der Waals surface area (Å²) in [5.41, 5.74) is 0.0748. The van der Waals surface area contributed by atoms with Gasteiger partial charge in [-0.05, 0) is 25.0 Å². The van der Waals surface area contributed by atoms with Crippen LogP contribution in [0.15, 0.2) is 24.3 Å². The van der Waals surface area contributed by atoms with E-state index in [4.69, 9.17) is 9.47 Å². The van der Waals surface area contributed by atoms with Crippen LogP contribution in [0, 0.1) is 10.1 Å². The molecule has 1 aliphatic carbocycles. The van der Waals surface area contributed by atoms with Gasteiger partial charge in [-0.25, -0.2) is 4.39 Å². The maximum atomic E-state index is 12.2. The molecule has 98 valence electrons. The molecule has 1 saturated carbocycles. The molecule has 6 heteroatoms. The van der Waals surface area contributed by atoms with E-state index in [0.717, 1.165) is 12.8 Å². The standard InChI is InChI=1S/C7H7NO3.C5H7FO/c1-11-7-4-2-6(3-5-7)8(9)10;6-3-1-2-4-5(3)7-4/h2-5H,1H3;3-5H,1-2H2. The van der Waals surface area contributed by atoms with E-state index in [0.29, 0.717) is 11.9 Å². The Labute approximate surface area is 104 Å². The average Bonchev–Trinajstić information content (AvgIpc) is 3.09. The van der Waals surface area contributed by atoms with Gasteiger partial charge in [-0.15, -0.1) is 0 Å². The molecule has 2 aliphatic rings. The van der Waals surface area contributed by atoms with Crippen molar-refractivity contribution in [1.82, 2.24) is 0 Å². The summed E-state index contributed by atoms with van der Waals surface area (Å²) in [4.78, 5) is 9.72. The molecule has 18 heavy (non-hydrogen) atoms. The molecule has 2 fully saturated rings. The number of methoxy groups -OCH3 is 1. The first kappa shape index (κ1) is 12.8. The summed E-state index contributed by atoms with van der Waals surface area (Å²) in [5.74, 6) is 0.621.